The van der Waals surface area contributed by atoms with Crippen LogP contribution in [0.15, 0.2) is 279 Å². The molecule has 1 heterocycles. The lowest BCUT2D eigenvalue weighted by molar-refractivity contribution is 1.18. The SMILES string of the molecule is c1ccc(-c2cc3ccccc3cc2-c2ccc(N(c3cccc([Si](c4ccccc4)(c4ccccc4)c4ccccc4)c3)c3cccc4c3c3ccccc3n4-c3ccccc3)cc2)cc1. The van der Waals surface area contributed by atoms with E-state index in [1.807, 2.05) is 0 Å². The second-order valence-corrected chi connectivity index (χ2v) is 21.1. The third-order valence-corrected chi connectivity index (χ3v) is 18.3. The van der Waals surface area contributed by atoms with E-state index in [9.17, 15) is 0 Å². The van der Waals surface area contributed by atoms with Crippen LogP contribution in [0.25, 0.3) is 60.5 Å². The van der Waals surface area contributed by atoms with E-state index in [1.165, 1.54) is 70.1 Å². The molecule has 316 valence electrons. The quantitative estimate of drug-likeness (QED) is 0.0982. The van der Waals surface area contributed by atoms with Crippen molar-refractivity contribution < 1.29 is 0 Å². The van der Waals surface area contributed by atoms with E-state index in [2.05, 4.69) is 289 Å². The van der Waals surface area contributed by atoms with Crippen molar-refractivity contribution in [1.82, 2.24) is 4.57 Å². The second kappa shape index (κ2) is 17.1. The van der Waals surface area contributed by atoms with Crippen LogP contribution >= 0.6 is 0 Å². The molecule has 0 bridgehead atoms. The van der Waals surface area contributed by atoms with Crippen LogP contribution in [0.5, 0.6) is 0 Å². The Labute approximate surface area is 392 Å². The Morgan fingerprint density at radius 1 is 0.313 bits per heavy atom. The molecule has 0 aliphatic carbocycles. The number of aromatic nitrogens is 1. The average Bonchev–Trinajstić information content (AvgIpc) is 3.75. The number of hydrogen-bond donors (Lipinski definition) is 0. The molecule has 0 unspecified atom stereocenters. The zero-order valence-corrected chi connectivity index (χ0v) is 38.0. The van der Waals surface area contributed by atoms with E-state index >= 15 is 0 Å². The molecule has 0 amide bonds. The molecule has 12 aromatic rings. The summed E-state index contributed by atoms with van der Waals surface area (Å²) in [6, 6.07) is 103. The Kier molecular flexibility index (Phi) is 10.2. The maximum Gasteiger partial charge on any atom is 0.179 e. The second-order valence-electron chi connectivity index (χ2n) is 17.3. The lowest BCUT2D eigenvalue weighted by atomic mass is 9.91. The van der Waals surface area contributed by atoms with Crippen LogP contribution in [-0.4, -0.2) is 12.6 Å². The fourth-order valence-electron chi connectivity index (χ4n) is 10.5. The van der Waals surface area contributed by atoms with Crippen molar-refractivity contribution in [2.75, 3.05) is 4.90 Å². The third-order valence-electron chi connectivity index (χ3n) is 13.5. The first kappa shape index (κ1) is 40.0. The van der Waals surface area contributed by atoms with Crippen molar-refractivity contribution in [3.05, 3.63) is 279 Å². The molecule has 0 N–H and O–H groups in total. The molecule has 0 aliphatic heterocycles. The monoisotopic (exact) mass is 870 g/mol. The summed E-state index contributed by atoms with van der Waals surface area (Å²) >= 11 is 0. The van der Waals surface area contributed by atoms with Gasteiger partial charge in [0.05, 0.1) is 16.7 Å². The number of para-hydroxylation sites is 2. The summed E-state index contributed by atoms with van der Waals surface area (Å²) in [6.07, 6.45) is 0. The van der Waals surface area contributed by atoms with Gasteiger partial charge in [-0.3, -0.25) is 0 Å². The number of fused-ring (bicyclic) bond motifs is 4. The standard InChI is InChI=1S/C64H46N2Si/c1-6-22-47(23-7-1)59-44-49-24-16-17-25-50(49)45-60(59)48-40-42-52(43-41-48)65(62-38-21-39-63-64(62)58-36-18-19-37-61(58)66(63)51-26-8-2-9-27-51)53-28-20-35-57(46-53)67(54-29-10-3-11-30-54,55-31-12-4-13-32-55)56-33-14-5-15-34-56/h1-46H. The Morgan fingerprint density at radius 2 is 0.776 bits per heavy atom. The minimum absolute atomic E-state index is 1.08. The van der Waals surface area contributed by atoms with Gasteiger partial charge in [-0.1, -0.05) is 212 Å². The molecule has 0 radical (unpaired) electrons. The van der Waals surface area contributed by atoms with E-state index in [0.717, 1.165) is 28.3 Å². The first-order valence-corrected chi connectivity index (χ1v) is 25.1. The molecule has 0 saturated heterocycles. The van der Waals surface area contributed by atoms with Gasteiger partial charge in [0, 0.05) is 27.8 Å². The van der Waals surface area contributed by atoms with Crippen LogP contribution in [0, 0.1) is 0 Å². The van der Waals surface area contributed by atoms with Crippen LogP contribution < -0.4 is 25.6 Å². The lowest BCUT2D eigenvalue weighted by Crippen LogP contribution is -2.74. The maximum absolute atomic E-state index is 2.86. The van der Waals surface area contributed by atoms with Crippen molar-refractivity contribution in [2.24, 2.45) is 0 Å². The third kappa shape index (κ3) is 6.96. The Morgan fingerprint density at radius 3 is 1.37 bits per heavy atom. The van der Waals surface area contributed by atoms with Gasteiger partial charge in [-0.2, -0.15) is 0 Å². The van der Waals surface area contributed by atoms with Crippen molar-refractivity contribution in [3.8, 4) is 27.9 Å². The molecule has 1 aromatic heterocycles. The van der Waals surface area contributed by atoms with Gasteiger partial charge in [-0.15, -0.1) is 0 Å². The van der Waals surface area contributed by atoms with Crippen LogP contribution in [0.1, 0.15) is 0 Å². The van der Waals surface area contributed by atoms with Crippen LogP contribution in [0.2, 0.25) is 0 Å². The number of hydrogen-bond acceptors (Lipinski definition) is 1. The fraction of sp³-hybridized carbons (Fsp3) is 0. The van der Waals surface area contributed by atoms with Crippen LogP contribution in [0.4, 0.5) is 17.1 Å². The topological polar surface area (TPSA) is 8.17 Å². The number of rotatable bonds is 10. The maximum atomic E-state index is 2.50. The van der Waals surface area contributed by atoms with E-state index in [1.54, 1.807) is 0 Å². The van der Waals surface area contributed by atoms with E-state index in [4.69, 9.17) is 0 Å². The Bertz CT molecular complexity index is 3570. The Hall–Kier alpha value is -8.50. The van der Waals surface area contributed by atoms with Crippen LogP contribution in [0.3, 0.4) is 0 Å². The van der Waals surface area contributed by atoms with Crippen LogP contribution in [-0.2, 0) is 0 Å². The zero-order valence-electron chi connectivity index (χ0n) is 37.0. The fourth-order valence-corrected chi connectivity index (χ4v) is 15.3. The summed E-state index contributed by atoms with van der Waals surface area (Å²) in [6.45, 7) is 0. The highest BCUT2D eigenvalue weighted by Gasteiger charge is 2.41. The molecule has 3 heteroatoms. The highest BCUT2D eigenvalue weighted by Crippen LogP contribution is 2.45. The first-order chi connectivity index (χ1) is 33.3. The van der Waals surface area contributed by atoms with Gasteiger partial charge in [0.2, 0.25) is 0 Å². The number of anilines is 3. The summed E-state index contributed by atoms with van der Waals surface area (Å²) in [5.74, 6) is 0. The smallest absolute Gasteiger partial charge is 0.179 e. The molecule has 0 fully saturated rings. The van der Waals surface area contributed by atoms with E-state index in [-0.39, 0.29) is 0 Å². The summed E-state index contributed by atoms with van der Waals surface area (Å²) in [5.41, 5.74) is 11.6. The normalized spacial score (nSPS) is 11.6. The predicted molar refractivity (Wildman–Crippen MR) is 287 cm³/mol. The molecule has 12 rings (SSSR count). The van der Waals surface area contributed by atoms with Crippen molar-refractivity contribution >= 4 is 78.5 Å². The van der Waals surface area contributed by atoms with Crippen molar-refractivity contribution in [3.63, 3.8) is 0 Å². The largest absolute Gasteiger partial charge is 0.310 e. The number of nitrogens with zero attached hydrogens (tertiary/aromatic N) is 2. The summed E-state index contributed by atoms with van der Waals surface area (Å²) < 4.78 is 2.41. The molecular weight excluding hydrogens is 825 g/mol. The molecule has 0 saturated carbocycles. The highest BCUT2D eigenvalue weighted by molar-refractivity contribution is 7.19. The van der Waals surface area contributed by atoms with Gasteiger partial charge in [-0.25, -0.2) is 0 Å². The molecule has 0 atom stereocenters. The molecule has 0 spiro atoms. The highest BCUT2D eigenvalue weighted by atomic mass is 28.3. The van der Waals surface area contributed by atoms with Crippen molar-refractivity contribution in [2.45, 2.75) is 0 Å². The predicted octanol–water partition coefficient (Wildman–Crippen LogP) is 14.1. The minimum Gasteiger partial charge on any atom is -0.310 e. The molecule has 0 aliphatic rings. The zero-order chi connectivity index (χ0) is 44.6. The van der Waals surface area contributed by atoms with Gasteiger partial charge in [0.1, 0.15) is 0 Å². The summed E-state index contributed by atoms with van der Waals surface area (Å²) in [4.78, 5) is 2.50. The number of benzene rings is 11. The average molecular weight is 871 g/mol. The van der Waals surface area contributed by atoms with Gasteiger partial charge in [0.25, 0.3) is 0 Å². The van der Waals surface area contributed by atoms with E-state index in [0.29, 0.717) is 0 Å². The molecule has 11 aromatic carbocycles. The van der Waals surface area contributed by atoms with E-state index < -0.39 is 8.07 Å². The van der Waals surface area contributed by atoms with Gasteiger partial charge in [-0.05, 0) is 121 Å². The van der Waals surface area contributed by atoms with Crippen molar-refractivity contribution in [1.29, 1.82) is 0 Å². The van der Waals surface area contributed by atoms with Gasteiger partial charge < -0.3 is 9.47 Å². The summed E-state index contributed by atoms with van der Waals surface area (Å²) in [7, 11) is -2.86. The summed E-state index contributed by atoms with van der Waals surface area (Å²) in [5, 5.41) is 10.2. The molecule has 2 nitrogen and oxygen atoms in total. The molecular formula is C64H46N2Si. The minimum atomic E-state index is -2.86. The molecule has 67 heavy (non-hydrogen) atoms. The first-order valence-electron chi connectivity index (χ1n) is 23.1. The van der Waals surface area contributed by atoms with Gasteiger partial charge >= 0.3 is 0 Å². The Balaban J connectivity index is 1.12. The van der Waals surface area contributed by atoms with Gasteiger partial charge in [0.15, 0.2) is 8.07 Å². The lowest BCUT2D eigenvalue weighted by Gasteiger charge is -2.35.